The molecular weight excluding hydrogens is 531 g/mol. The van der Waals surface area contributed by atoms with Gasteiger partial charge in [-0.15, -0.1) is 0 Å². The number of nitrogens with zero attached hydrogens (tertiary/aromatic N) is 2. The van der Waals surface area contributed by atoms with Gasteiger partial charge >= 0.3 is 0 Å². The fraction of sp³-hybridized carbons (Fsp3) is 0.161. The van der Waals surface area contributed by atoms with Gasteiger partial charge in [-0.05, 0) is 78.6 Å². The maximum atomic E-state index is 13.2. The molecular formula is C31H27FN2O3S2. The molecule has 0 aliphatic rings. The Morgan fingerprint density at radius 3 is 2.33 bits per heavy atom. The average Bonchev–Trinajstić information content (AvgIpc) is 2.97. The Kier molecular flexibility index (Phi) is 7.79. The first-order valence-corrected chi connectivity index (χ1v) is 14.7. The minimum Gasteiger partial charge on any atom is -0.293 e. The first kappa shape index (κ1) is 27.0. The summed E-state index contributed by atoms with van der Waals surface area (Å²) >= 11 is -1.52. The van der Waals surface area contributed by atoms with Crippen molar-refractivity contribution in [1.29, 1.82) is 0 Å². The molecule has 0 amide bonds. The lowest BCUT2D eigenvalue weighted by molar-refractivity contribution is 0.423. The summed E-state index contributed by atoms with van der Waals surface area (Å²) in [6.45, 7) is 3.80. The molecule has 8 heteroatoms. The normalized spacial score (nSPS) is 13.3. The number of fused-ring (bicyclic) bond motifs is 1. The number of rotatable bonds is 8. The van der Waals surface area contributed by atoms with Gasteiger partial charge in [-0.1, -0.05) is 42.5 Å². The van der Waals surface area contributed by atoms with Gasteiger partial charge in [0.25, 0.3) is 0 Å². The Hall–Kier alpha value is -3.59. The molecule has 198 valence electrons. The van der Waals surface area contributed by atoms with Crippen LogP contribution in [-0.2, 0) is 36.6 Å². The second kappa shape index (κ2) is 11.3. The third kappa shape index (κ3) is 5.73. The first-order valence-electron chi connectivity index (χ1n) is 12.3. The van der Waals surface area contributed by atoms with E-state index in [1.165, 1.54) is 19.2 Å². The van der Waals surface area contributed by atoms with E-state index < -0.39 is 26.6 Å². The summed E-state index contributed by atoms with van der Waals surface area (Å²) in [4.78, 5) is 9.11. The zero-order valence-corrected chi connectivity index (χ0v) is 23.4. The summed E-state index contributed by atoms with van der Waals surface area (Å²) < 4.78 is 43.1. The minimum atomic E-state index is -1.52. The van der Waals surface area contributed by atoms with Gasteiger partial charge in [-0.3, -0.25) is 13.4 Å². The highest BCUT2D eigenvalue weighted by Crippen LogP contribution is 2.37. The molecule has 5 rings (SSSR count). The van der Waals surface area contributed by atoms with Gasteiger partial charge in [0.1, 0.15) is 10.8 Å². The first-order chi connectivity index (χ1) is 18.8. The van der Waals surface area contributed by atoms with E-state index in [2.05, 4.69) is 16.0 Å². The van der Waals surface area contributed by atoms with Crippen molar-refractivity contribution in [2.45, 2.75) is 29.4 Å². The third-order valence-electron chi connectivity index (χ3n) is 6.66. The van der Waals surface area contributed by atoms with E-state index in [0.29, 0.717) is 5.03 Å². The van der Waals surface area contributed by atoms with Crippen LogP contribution in [-0.4, -0.2) is 25.5 Å². The summed E-state index contributed by atoms with van der Waals surface area (Å²) in [5.41, 5.74) is 6.24. The number of pyridine rings is 2. The molecule has 2 atom stereocenters. The average molecular weight is 559 g/mol. The summed E-state index contributed by atoms with van der Waals surface area (Å²) in [6.07, 6.45) is 3.48. The van der Waals surface area contributed by atoms with E-state index in [1.807, 2.05) is 62.4 Å². The number of hydrogen-bond acceptors (Lipinski definition) is 5. The van der Waals surface area contributed by atoms with Gasteiger partial charge in [0.15, 0.2) is 11.1 Å². The predicted octanol–water partition coefficient (Wildman–Crippen LogP) is 6.96. The molecule has 0 saturated heterocycles. The van der Waals surface area contributed by atoms with Crippen LogP contribution in [0.4, 0.5) is 4.39 Å². The SMILES string of the molecule is COS(=O)C(C)(C)c1cc(-c2cccc(-c3ccc(S(=O)Cc4ccc(F)cc4)nc3)c2)c2ncccc2c1. The minimum absolute atomic E-state index is 0.267. The summed E-state index contributed by atoms with van der Waals surface area (Å²) in [5, 5.41) is 1.42. The van der Waals surface area contributed by atoms with Crippen LogP contribution >= 0.6 is 0 Å². The highest BCUT2D eigenvalue weighted by atomic mass is 32.2. The van der Waals surface area contributed by atoms with E-state index in [-0.39, 0.29) is 11.6 Å². The maximum absolute atomic E-state index is 13.2. The molecule has 0 aliphatic heterocycles. The predicted molar refractivity (Wildman–Crippen MR) is 155 cm³/mol. The molecule has 39 heavy (non-hydrogen) atoms. The lowest BCUT2D eigenvalue weighted by Gasteiger charge is -2.24. The van der Waals surface area contributed by atoms with Gasteiger partial charge in [0.05, 0.1) is 33.9 Å². The van der Waals surface area contributed by atoms with E-state index in [9.17, 15) is 12.8 Å². The Labute approximate surface area is 232 Å². The third-order valence-corrected chi connectivity index (χ3v) is 9.33. The standard InChI is InChI=1S/C31H27FN2O3S2/c1-31(2,39(36)37-3)26-17-24-8-5-15-33-30(24)28(18-26)23-7-4-6-22(16-23)25-11-14-29(34-19-25)38(35)20-21-9-12-27(32)13-10-21/h4-19H,20H2,1-3H3. The van der Waals surface area contributed by atoms with Crippen molar-refractivity contribution in [2.75, 3.05) is 7.11 Å². The molecule has 0 radical (unpaired) electrons. The van der Waals surface area contributed by atoms with Crippen LogP contribution in [0.25, 0.3) is 33.2 Å². The molecule has 5 aromatic rings. The van der Waals surface area contributed by atoms with Gasteiger partial charge in [-0.2, -0.15) is 0 Å². The topological polar surface area (TPSA) is 69.2 Å². The Bertz CT molecular complexity index is 1690. The zero-order chi connectivity index (χ0) is 27.6. The van der Waals surface area contributed by atoms with Crippen LogP contribution in [0.2, 0.25) is 0 Å². The molecule has 5 nitrogen and oxygen atoms in total. The lowest BCUT2D eigenvalue weighted by atomic mass is 9.92. The molecule has 0 spiro atoms. The quantitative estimate of drug-likeness (QED) is 0.206. The second-order valence-corrected chi connectivity index (χ2v) is 12.8. The fourth-order valence-electron chi connectivity index (χ4n) is 4.42. The van der Waals surface area contributed by atoms with Crippen LogP contribution in [0.1, 0.15) is 25.0 Å². The zero-order valence-electron chi connectivity index (χ0n) is 21.8. The Morgan fingerprint density at radius 1 is 0.846 bits per heavy atom. The second-order valence-electron chi connectivity index (χ2n) is 9.59. The maximum Gasteiger partial charge on any atom is 0.165 e. The van der Waals surface area contributed by atoms with Crippen molar-refractivity contribution in [3.63, 3.8) is 0 Å². The molecule has 2 unspecified atom stereocenters. The number of hydrogen-bond donors (Lipinski definition) is 0. The molecule has 2 heterocycles. The van der Waals surface area contributed by atoms with Gasteiger partial charge in [-0.25, -0.2) is 13.6 Å². The molecule has 0 aliphatic carbocycles. The monoisotopic (exact) mass is 558 g/mol. The van der Waals surface area contributed by atoms with Crippen LogP contribution < -0.4 is 0 Å². The summed E-state index contributed by atoms with van der Waals surface area (Å²) in [6, 6.07) is 25.7. The van der Waals surface area contributed by atoms with Crippen LogP contribution in [0.5, 0.6) is 0 Å². The van der Waals surface area contributed by atoms with Gasteiger partial charge in [0, 0.05) is 28.9 Å². The van der Waals surface area contributed by atoms with Gasteiger partial charge in [0.2, 0.25) is 0 Å². The van der Waals surface area contributed by atoms with Crippen molar-refractivity contribution in [3.8, 4) is 22.3 Å². The van der Waals surface area contributed by atoms with Crippen molar-refractivity contribution in [2.24, 2.45) is 0 Å². The number of halogens is 1. The fourth-order valence-corrected chi connectivity index (χ4v) is 6.18. The summed E-state index contributed by atoms with van der Waals surface area (Å²) in [5.74, 6) is -0.0543. The molecule has 0 saturated carbocycles. The molecule has 0 N–H and O–H groups in total. The van der Waals surface area contributed by atoms with Crippen molar-refractivity contribution >= 4 is 32.8 Å². The van der Waals surface area contributed by atoms with Crippen LogP contribution in [0.3, 0.4) is 0 Å². The highest BCUT2D eigenvalue weighted by molar-refractivity contribution is 7.84. The molecule has 0 fully saturated rings. The largest absolute Gasteiger partial charge is 0.293 e. The summed E-state index contributed by atoms with van der Waals surface area (Å²) in [7, 11) is 0.0984. The van der Waals surface area contributed by atoms with Crippen molar-refractivity contribution < 1.29 is 17.0 Å². The Morgan fingerprint density at radius 2 is 1.62 bits per heavy atom. The van der Waals surface area contributed by atoms with Crippen molar-refractivity contribution in [3.05, 3.63) is 114 Å². The van der Waals surface area contributed by atoms with Crippen LogP contribution in [0.15, 0.2) is 102 Å². The van der Waals surface area contributed by atoms with E-state index in [4.69, 9.17) is 4.18 Å². The van der Waals surface area contributed by atoms with E-state index >= 15 is 0 Å². The lowest BCUT2D eigenvalue weighted by Crippen LogP contribution is -2.24. The molecule has 3 aromatic carbocycles. The smallest absolute Gasteiger partial charge is 0.165 e. The highest BCUT2D eigenvalue weighted by Gasteiger charge is 2.30. The van der Waals surface area contributed by atoms with Crippen LogP contribution in [0, 0.1) is 5.82 Å². The molecule has 2 aromatic heterocycles. The number of benzene rings is 3. The van der Waals surface area contributed by atoms with E-state index in [1.54, 1.807) is 30.6 Å². The van der Waals surface area contributed by atoms with Crippen molar-refractivity contribution in [1.82, 2.24) is 9.97 Å². The Balaban J connectivity index is 1.48. The van der Waals surface area contributed by atoms with E-state index in [0.717, 1.165) is 44.3 Å². The molecule has 0 bridgehead atoms. The van der Waals surface area contributed by atoms with Gasteiger partial charge < -0.3 is 0 Å². The number of aromatic nitrogens is 2.